The summed E-state index contributed by atoms with van der Waals surface area (Å²) in [6.07, 6.45) is 0. The van der Waals surface area contributed by atoms with Crippen LogP contribution in [-0.2, 0) is 0 Å². The lowest BCUT2D eigenvalue weighted by atomic mass is 9.87. The number of para-hydroxylation sites is 3. The first-order valence-corrected chi connectivity index (χ1v) is 19.1. The van der Waals surface area contributed by atoms with E-state index < -0.39 is 0 Å². The molecule has 0 aliphatic rings. The summed E-state index contributed by atoms with van der Waals surface area (Å²) in [4.78, 5) is 2.37. The maximum Gasteiger partial charge on any atom is 0.136 e. The third-order valence-corrected chi connectivity index (χ3v) is 10.7. The van der Waals surface area contributed by atoms with Crippen LogP contribution >= 0.6 is 0 Å². The van der Waals surface area contributed by atoms with Crippen LogP contribution in [0.4, 0.5) is 17.1 Å². The largest absolute Gasteiger partial charge is 0.456 e. The summed E-state index contributed by atoms with van der Waals surface area (Å²) in [5.41, 5.74) is 16.8. The van der Waals surface area contributed by atoms with Crippen molar-refractivity contribution in [2.75, 3.05) is 4.90 Å². The lowest BCUT2D eigenvalue weighted by molar-refractivity contribution is 0.669. The molecule has 0 bridgehead atoms. The molecule has 10 rings (SSSR count). The Hall–Kier alpha value is -7.42. The molecule has 56 heavy (non-hydrogen) atoms. The van der Waals surface area contributed by atoms with Crippen LogP contribution in [-0.4, -0.2) is 0 Å². The molecule has 0 aliphatic carbocycles. The molecule has 2 nitrogen and oxygen atoms in total. The fraction of sp³-hybridized carbons (Fsp3) is 0. The second-order valence-corrected chi connectivity index (χ2v) is 14.1. The molecule has 264 valence electrons. The Kier molecular flexibility index (Phi) is 8.55. The molecule has 9 aromatic carbocycles. The zero-order valence-electron chi connectivity index (χ0n) is 30.7. The third kappa shape index (κ3) is 6.14. The lowest BCUT2D eigenvalue weighted by Gasteiger charge is -2.28. The zero-order chi connectivity index (χ0) is 37.3. The smallest absolute Gasteiger partial charge is 0.136 e. The Morgan fingerprint density at radius 3 is 1.52 bits per heavy atom. The number of nitrogens with zero attached hydrogens (tertiary/aromatic N) is 1. The van der Waals surface area contributed by atoms with Gasteiger partial charge in [-0.25, -0.2) is 0 Å². The summed E-state index contributed by atoms with van der Waals surface area (Å²) in [6.45, 7) is 0. The van der Waals surface area contributed by atoms with Crippen LogP contribution in [0.1, 0.15) is 0 Å². The van der Waals surface area contributed by atoms with E-state index in [1.165, 1.54) is 38.9 Å². The van der Waals surface area contributed by atoms with Crippen LogP contribution in [0.2, 0.25) is 0 Å². The topological polar surface area (TPSA) is 16.4 Å². The highest BCUT2D eigenvalue weighted by Crippen LogP contribution is 2.46. The maximum absolute atomic E-state index is 6.24. The summed E-state index contributed by atoms with van der Waals surface area (Å²) in [7, 11) is 0. The fourth-order valence-electron chi connectivity index (χ4n) is 8.01. The van der Waals surface area contributed by atoms with Crippen LogP contribution in [0, 0.1) is 0 Å². The second kappa shape index (κ2) is 14.4. The summed E-state index contributed by atoms with van der Waals surface area (Å²) < 4.78 is 6.24. The van der Waals surface area contributed by atoms with E-state index >= 15 is 0 Å². The van der Waals surface area contributed by atoms with Gasteiger partial charge in [0.15, 0.2) is 0 Å². The molecule has 1 heterocycles. The van der Waals surface area contributed by atoms with Gasteiger partial charge in [0.05, 0.1) is 5.69 Å². The SMILES string of the molecule is c1ccc(-c2ccc(-c3ccccc3)c(-c3ccccc3-c3ccccc3N(c3ccccc3)c3ccc(-c4ccc5c(c4)oc4ccccc45)cc3)c2)cc1. The van der Waals surface area contributed by atoms with Gasteiger partial charge in [0.25, 0.3) is 0 Å². The molecule has 0 saturated carbocycles. The van der Waals surface area contributed by atoms with E-state index in [9.17, 15) is 0 Å². The van der Waals surface area contributed by atoms with Gasteiger partial charge in [-0.3, -0.25) is 0 Å². The van der Waals surface area contributed by atoms with Gasteiger partial charge in [-0.1, -0.05) is 170 Å². The molecule has 0 fully saturated rings. The Bertz CT molecular complexity index is 2950. The highest BCUT2D eigenvalue weighted by Gasteiger charge is 2.21. The summed E-state index contributed by atoms with van der Waals surface area (Å²) in [5.74, 6) is 0. The molecule has 0 atom stereocenters. The summed E-state index contributed by atoms with van der Waals surface area (Å²) in [5, 5.41) is 2.28. The molecule has 0 N–H and O–H groups in total. The van der Waals surface area contributed by atoms with Gasteiger partial charge in [-0.15, -0.1) is 0 Å². The average Bonchev–Trinajstić information content (AvgIpc) is 3.66. The Balaban J connectivity index is 1.10. The van der Waals surface area contributed by atoms with Crippen LogP contribution in [0.15, 0.2) is 229 Å². The quantitative estimate of drug-likeness (QED) is 0.156. The van der Waals surface area contributed by atoms with Crippen molar-refractivity contribution in [3.63, 3.8) is 0 Å². The monoisotopic (exact) mass is 715 g/mol. The van der Waals surface area contributed by atoms with Crippen molar-refractivity contribution in [2.24, 2.45) is 0 Å². The number of fused-ring (bicyclic) bond motifs is 3. The molecule has 2 heteroatoms. The van der Waals surface area contributed by atoms with Crippen molar-refractivity contribution >= 4 is 39.0 Å². The fourth-order valence-corrected chi connectivity index (χ4v) is 8.01. The van der Waals surface area contributed by atoms with Crippen molar-refractivity contribution < 1.29 is 4.42 Å². The number of furan rings is 1. The summed E-state index contributed by atoms with van der Waals surface area (Å²) >= 11 is 0. The standard InChI is InChI=1S/C54H37NO/c1-4-16-38(17-5-1)41-30-34-45(40-18-6-2-7-19-40)51(36-41)47-23-11-10-22-46(47)48-24-12-14-26-52(48)55(43-20-8-3-9-21-43)44-32-28-39(29-33-44)42-31-35-50-49-25-13-15-27-53(49)56-54(50)37-42/h1-37H. The minimum atomic E-state index is 0.899. The number of hydrogen-bond donors (Lipinski definition) is 0. The minimum Gasteiger partial charge on any atom is -0.456 e. The third-order valence-electron chi connectivity index (χ3n) is 10.7. The molecule has 0 saturated heterocycles. The number of rotatable bonds is 8. The van der Waals surface area contributed by atoms with E-state index in [4.69, 9.17) is 4.42 Å². The van der Waals surface area contributed by atoms with Gasteiger partial charge >= 0.3 is 0 Å². The zero-order valence-corrected chi connectivity index (χ0v) is 30.7. The highest BCUT2D eigenvalue weighted by molar-refractivity contribution is 6.06. The average molecular weight is 716 g/mol. The van der Waals surface area contributed by atoms with Gasteiger partial charge < -0.3 is 9.32 Å². The molecule has 0 unspecified atom stereocenters. The van der Waals surface area contributed by atoms with E-state index in [1.807, 2.05) is 12.1 Å². The number of hydrogen-bond acceptors (Lipinski definition) is 2. The number of benzene rings is 9. The minimum absolute atomic E-state index is 0.899. The van der Waals surface area contributed by atoms with E-state index in [0.29, 0.717) is 0 Å². The van der Waals surface area contributed by atoms with Gasteiger partial charge in [0, 0.05) is 27.7 Å². The van der Waals surface area contributed by atoms with Gasteiger partial charge in [0.1, 0.15) is 11.2 Å². The van der Waals surface area contributed by atoms with Crippen LogP contribution < -0.4 is 4.90 Å². The van der Waals surface area contributed by atoms with Crippen molar-refractivity contribution in [1.82, 2.24) is 0 Å². The maximum atomic E-state index is 6.24. The Morgan fingerprint density at radius 2 is 0.768 bits per heavy atom. The van der Waals surface area contributed by atoms with E-state index in [-0.39, 0.29) is 0 Å². The summed E-state index contributed by atoms with van der Waals surface area (Å²) in [6, 6.07) is 80.1. The van der Waals surface area contributed by atoms with Crippen molar-refractivity contribution in [1.29, 1.82) is 0 Å². The van der Waals surface area contributed by atoms with Gasteiger partial charge in [-0.05, 0) is 105 Å². The Morgan fingerprint density at radius 1 is 0.268 bits per heavy atom. The molecular formula is C54H37NO. The lowest BCUT2D eigenvalue weighted by Crippen LogP contribution is -2.11. The molecule has 0 spiro atoms. The first-order valence-electron chi connectivity index (χ1n) is 19.1. The highest BCUT2D eigenvalue weighted by atomic mass is 16.3. The molecule has 10 aromatic rings. The van der Waals surface area contributed by atoms with Crippen molar-refractivity contribution in [3.8, 4) is 55.6 Å². The predicted molar refractivity (Wildman–Crippen MR) is 236 cm³/mol. The number of anilines is 3. The van der Waals surface area contributed by atoms with E-state index in [2.05, 4.69) is 217 Å². The van der Waals surface area contributed by atoms with E-state index in [0.717, 1.165) is 55.7 Å². The molecule has 0 aliphatic heterocycles. The van der Waals surface area contributed by atoms with E-state index in [1.54, 1.807) is 0 Å². The van der Waals surface area contributed by atoms with Crippen LogP contribution in [0.25, 0.3) is 77.6 Å². The predicted octanol–water partition coefficient (Wildman–Crippen LogP) is 15.4. The Labute approximate surface area is 327 Å². The molecule has 0 amide bonds. The van der Waals surface area contributed by atoms with Crippen LogP contribution in [0.5, 0.6) is 0 Å². The second-order valence-electron chi connectivity index (χ2n) is 14.1. The molecule has 1 aromatic heterocycles. The molecular weight excluding hydrogens is 679 g/mol. The normalized spacial score (nSPS) is 11.2. The first-order chi connectivity index (χ1) is 27.8. The molecule has 0 radical (unpaired) electrons. The van der Waals surface area contributed by atoms with Gasteiger partial charge in [-0.2, -0.15) is 0 Å². The van der Waals surface area contributed by atoms with Gasteiger partial charge in [0.2, 0.25) is 0 Å². The first kappa shape index (κ1) is 33.2. The van der Waals surface area contributed by atoms with Crippen molar-refractivity contribution in [3.05, 3.63) is 224 Å². The van der Waals surface area contributed by atoms with Crippen LogP contribution in [0.3, 0.4) is 0 Å². The van der Waals surface area contributed by atoms with Crippen molar-refractivity contribution in [2.45, 2.75) is 0 Å².